The number of alkyl halides is 1. The highest BCUT2D eigenvalue weighted by molar-refractivity contribution is 6.25. The van der Waals surface area contributed by atoms with Crippen molar-refractivity contribution >= 4 is 28.8 Å². The van der Waals surface area contributed by atoms with Gasteiger partial charge in [0.2, 0.25) is 0 Å². The van der Waals surface area contributed by atoms with Gasteiger partial charge in [0.1, 0.15) is 0 Å². The molecule has 1 aromatic carbocycles. The SMILES string of the molecule is CC1(Cl)C=CC(c2cc(C(=O)O)nc3cc(-c4ccccc4)nn23)=CC1. The topological polar surface area (TPSA) is 67.5 Å². The number of hydrogen-bond acceptors (Lipinski definition) is 3. The van der Waals surface area contributed by atoms with E-state index < -0.39 is 10.8 Å². The fourth-order valence-electron chi connectivity index (χ4n) is 2.94. The largest absolute Gasteiger partial charge is 0.477 e. The fourth-order valence-corrected chi connectivity index (χ4v) is 3.08. The molecule has 0 saturated carbocycles. The van der Waals surface area contributed by atoms with Gasteiger partial charge < -0.3 is 5.11 Å². The minimum atomic E-state index is -1.07. The number of hydrogen-bond donors (Lipinski definition) is 1. The van der Waals surface area contributed by atoms with E-state index in [9.17, 15) is 9.90 Å². The average molecular weight is 366 g/mol. The Kier molecular flexibility index (Phi) is 3.89. The minimum Gasteiger partial charge on any atom is -0.477 e. The molecule has 0 amide bonds. The fraction of sp³-hybridized carbons (Fsp3) is 0.150. The maximum absolute atomic E-state index is 11.5. The smallest absolute Gasteiger partial charge is 0.354 e. The van der Waals surface area contributed by atoms with Crippen LogP contribution >= 0.6 is 11.6 Å². The lowest BCUT2D eigenvalue weighted by molar-refractivity contribution is 0.0690. The van der Waals surface area contributed by atoms with Gasteiger partial charge in [-0.3, -0.25) is 0 Å². The predicted molar refractivity (Wildman–Crippen MR) is 101 cm³/mol. The van der Waals surface area contributed by atoms with Crippen molar-refractivity contribution in [2.45, 2.75) is 18.2 Å². The predicted octanol–water partition coefficient (Wildman–Crippen LogP) is 4.44. The van der Waals surface area contributed by atoms with Gasteiger partial charge in [-0.05, 0) is 25.0 Å². The highest BCUT2D eigenvalue weighted by atomic mass is 35.5. The second-order valence-electron chi connectivity index (χ2n) is 6.47. The summed E-state index contributed by atoms with van der Waals surface area (Å²) >= 11 is 6.35. The van der Waals surface area contributed by atoms with Crippen LogP contribution in [0.15, 0.2) is 60.7 Å². The summed E-state index contributed by atoms with van der Waals surface area (Å²) in [6.07, 6.45) is 6.47. The van der Waals surface area contributed by atoms with E-state index in [1.165, 1.54) is 0 Å². The summed E-state index contributed by atoms with van der Waals surface area (Å²) in [7, 11) is 0. The molecule has 26 heavy (non-hydrogen) atoms. The van der Waals surface area contributed by atoms with Crippen LogP contribution in [0.1, 0.15) is 29.5 Å². The first-order valence-electron chi connectivity index (χ1n) is 8.21. The number of carboxylic acid groups (broad SMARTS) is 1. The molecule has 130 valence electrons. The van der Waals surface area contributed by atoms with E-state index in [1.807, 2.05) is 55.5 Å². The van der Waals surface area contributed by atoms with E-state index >= 15 is 0 Å². The van der Waals surface area contributed by atoms with Crippen LogP contribution in [0.3, 0.4) is 0 Å². The molecule has 1 unspecified atom stereocenters. The summed E-state index contributed by atoms with van der Waals surface area (Å²) in [4.78, 5) is 15.3. The van der Waals surface area contributed by atoms with Crippen molar-refractivity contribution in [2.75, 3.05) is 0 Å². The second-order valence-corrected chi connectivity index (χ2v) is 7.34. The minimum absolute atomic E-state index is 0.0134. The molecule has 0 fully saturated rings. The Balaban J connectivity index is 1.91. The molecule has 5 nitrogen and oxygen atoms in total. The molecule has 0 bridgehead atoms. The first kappa shape index (κ1) is 16.5. The summed E-state index contributed by atoms with van der Waals surface area (Å²) in [5.41, 5.74) is 3.72. The van der Waals surface area contributed by atoms with Crippen molar-refractivity contribution in [3.63, 3.8) is 0 Å². The van der Waals surface area contributed by atoms with Crippen molar-refractivity contribution in [3.05, 3.63) is 72.1 Å². The number of nitrogens with zero attached hydrogens (tertiary/aromatic N) is 3. The van der Waals surface area contributed by atoms with Gasteiger partial charge in [-0.25, -0.2) is 14.3 Å². The van der Waals surface area contributed by atoms with Gasteiger partial charge in [-0.2, -0.15) is 5.10 Å². The van der Waals surface area contributed by atoms with Crippen LogP contribution in [0.2, 0.25) is 0 Å². The summed E-state index contributed by atoms with van der Waals surface area (Å²) < 4.78 is 1.68. The highest BCUT2D eigenvalue weighted by Crippen LogP contribution is 2.32. The molecule has 4 rings (SSSR count). The number of allylic oxidation sites excluding steroid dienone is 4. The van der Waals surface area contributed by atoms with Gasteiger partial charge in [0.25, 0.3) is 0 Å². The third kappa shape index (κ3) is 3.02. The van der Waals surface area contributed by atoms with E-state index in [0.29, 0.717) is 17.8 Å². The molecule has 0 aliphatic heterocycles. The Morgan fingerprint density at radius 3 is 2.69 bits per heavy atom. The molecule has 0 saturated heterocycles. The summed E-state index contributed by atoms with van der Waals surface area (Å²) in [6.45, 7) is 1.94. The number of halogens is 1. The van der Waals surface area contributed by atoms with Gasteiger partial charge in [0.05, 0.1) is 16.3 Å². The summed E-state index contributed by atoms with van der Waals surface area (Å²) in [6, 6.07) is 13.1. The Morgan fingerprint density at radius 1 is 1.27 bits per heavy atom. The molecule has 0 spiro atoms. The van der Waals surface area contributed by atoms with Crippen molar-refractivity contribution in [2.24, 2.45) is 0 Å². The Hall–Kier alpha value is -2.92. The molecule has 3 aromatic rings. The van der Waals surface area contributed by atoms with E-state index in [1.54, 1.807) is 16.6 Å². The third-order valence-corrected chi connectivity index (χ3v) is 4.62. The number of rotatable bonds is 3. The summed E-state index contributed by atoms with van der Waals surface area (Å²) in [5.74, 6) is -1.07. The second kappa shape index (κ2) is 6.11. The van der Waals surface area contributed by atoms with Crippen LogP contribution in [0.25, 0.3) is 22.5 Å². The monoisotopic (exact) mass is 365 g/mol. The molecule has 1 aliphatic carbocycles. The van der Waals surface area contributed by atoms with Gasteiger partial charge in [0.15, 0.2) is 11.3 Å². The van der Waals surface area contributed by atoms with Crippen molar-refractivity contribution in [1.29, 1.82) is 0 Å². The number of aromatic nitrogens is 3. The molecule has 0 radical (unpaired) electrons. The Morgan fingerprint density at radius 2 is 2.04 bits per heavy atom. The van der Waals surface area contributed by atoms with Gasteiger partial charge in [-0.15, -0.1) is 11.6 Å². The standard InChI is InChI=1S/C20H16ClN3O2/c1-20(21)9-7-14(8-10-20)17-11-16(19(25)26)22-18-12-15(23-24(17)18)13-5-3-2-4-6-13/h2-9,11-12H,10H2,1H3,(H,25,26). The number of carbonyl (C=O) groups is 1. The molecule has 1 atom stereocenters. The maximum atomic E-state index is 11.5. The van der Waals surface area contributed by atoms with Crippen LogP contribution in [-0.4, -0.2) is 30.5 Å². The quantitative estimate of drug-likeness (QED) is 0.697. The Labute approximate surface area is 155 Å². The number of carboxylic acids is 1. The molecule has 1 N–H and O–H groups in total. The van der Waals surface area contributed by atoms with Crippen molar-refractivity contribution < 1.29 is 9.90 Å². The number of benzene rings is 1. The van der Waals surface area contributed by atoms with Crippen LogP contribution in [-0.2, 0) is 0 Å². The first-order chi connectivity index (χ1) is 12.4. The molecular weight excluding hydrogens is 350 g/mol. The number of fused-ring (bicyclic) bond motifs is 1. The first-order valence-corrected chi connectivity index (χ1v) is 8.59. The zero-order chi connectivity index (χ0) is 18.3. The van der Waals surface area contributed by atoms with E-state index in [-0.39, 0.29) is 5.69 Å². The lowest BCUT2D eigenvalue weighted by atomic mass is 9.96. The van der Waals surface area contributed by atoms with Crippen molar-refractivity contribution in [3.8, 4) is 11.3 Å². The van der Waals surface area contributed by atoms with Gasteiger partial charge in [-0.1, -0.05) is 48.6 Å². The molecular formula is C20H16ClN3O2. The lowest BCUT2D eigenvalue weighted by Crippen LogP contribution is -2.14. The van der Waals surface area contributed by atoms with Crippen LogP contribution in [0.5, 0.6) is 0 Å². The van der Waals surface area contributed by atoms with Crippen LogP contribution in [0.4, 0.5) is 0 Å². The molecule has 6 heteroatoms. The van der Waals surface area contributed by atoms with Crippen molar-refractivity contribution in [1.82, 2.24) is 14.6 Å². The van der Waals surface area contributed by atoms with Gasteiger partial charge >= 0.3 is 5.97 Å². The summed E-state index contributed by atoms with van der Waals surface area (Å²) in [5, 5.41) is 14.1. The molecule has 2 aromatic heterocycles. The molecule has 2 heterocycles. The average Bonchev–Trinajstić information content (AvgIpc) is 3.06. The highest BCUT2D eigenvalue weighted by Gasteiger charge is 2.22. The van der Waals surface area contributed by atoms with Gasteiger partial charge in [0, 0.05) is 11.6 Å². The van der Waals surface area contributed by atoms with E-state index in [2.05, 4.69) is 10.1 Å². The zero-order valence-electron chi connectivity index (χ0n) is 14.1. The van der Waals surface area contributed by atoms with Crippen LogP contribution in [0, 0.1) is 0 Å². The van der Waals surface area contributed by atoms with Crippen LogP contribution < -0.4 is 0 Å². The zero-order valence-corrected chi connectivity index (χ0v) is 14.8. The normalized spacial score (nSPS) is 19.5. The third-order valence-electron chi connectivity index (χ3n) is 4.34. The Bertz CT molecular complexity index is 1070. The lowest BCUT2D eigenvalue weighted by Gasteiger charge is -2.20. The van der Waals surface area contributed by atoms with E-state index in [0.717, 1.165) is 16.8 Å². The van der Waals surface area contributed by atoms with E-state index in [4.69, 9.17) is 11.6 Å². The number of aromatic carboxylic acids is 1. The molecule has 1 aliphatic rings. The maximum Gasteiger partial charge on any atom is 0.354 e.